The highest BCUT2D eigenvalue weighted by Gasteiger charge is 2.56. The summed E-state index contributed by atoms with van der Waals surface area (Å²) in [6, 6.07) is 6.12. The predicted octanol–water partition coefficient (Wildman–Crippen LogP) is 1.30. The van der Waals surface area contributed by atoms with Gasteiger partial charge in [0.15, 0.2) is 9.84 Å². The summed E-state index contributed by atoms with van der Waals surface area (Å²) < 4.78 is 36.8. The van der Waals surface area contributed by atoms with Crippen LogP contribution < -0.4 is 5.73 Å². The lowest BCUT2D eigenvalue weighted by Crippen LogP contribution is -2.15. The molecule has 1 aliphatic rings. The molecule has 1 saturated carbocycles. The van der Waals surface area contributed by atoms with E-state index < -0.39 is 15.1 Å². The number of halogens is 1. The van der Waals surface area contributed by atoms with Crippen LogP contribution in [0.1, 0.15) is 18.4 Å². The molecule has 0 bridgehead atoms. The van der Waals surface area contributed by atoms with E-state index in [0.29, 0.717) is 6.54 Å². The Hall–Kier alpha value is -0.940. The van der Waals surface area contributed by atoms with E-state index in [9.17, 15) is 12.8 Å². The quantitative estimate of drug-likeness (QED) is 0.884. The molecule has 0 amide bonds. The van der Waals surface area contributed by atoms with Crippen molar-refractivity contribution in [2.24, 2.45) is 11.7 Å². The van der Waals surface area contributed by atoms with Crippen molar-refractivity contribution in [2.45, 2.75) is 18.1 Å². The van der Waals surface area contributed by atoms with E-state index in [1.165, 1.54) is 12.1 Å². The van der Waals surface area contributed by atoms with Gasteiger partial charge >= 0.3 is 0 Å². The SMILES string of the molecule is CCS(=O)(=O)[C@@H]1[C@H](CN)[C@@H]1c1cccc(F)c1. The van der Waals surface area contributed by atoms with Crippen LogP contribution in [0.25, 0.3) is 0 Å². The van der Waals surface area contributed by atoms with Gasteiger partial charge in [0.25, 0.3) is 0 Å². The molecular weight excluding hydrogens is 241 g/mol. The summed E-state index contributed by atoms with van der Waals surface area (Å²) in [6.07, 6.45) is 0. The number of benzene rings is 1. The van der Waals surface area contributed by atoms with E-state index in [0.717, 1.165) is 5.56 Å². The summed E-state index contributed by atoms with van der Waals surface area (Å²) >= 11 is 0. The second-order valence-electron chi connectivity index (χ2n) is 4.40. The Kier molecular flexibility index (Phi) is 3.23. The van der Waals surface area contributed by atoms with Crippen molar-refractivity contribution in [1.29, 1.82) is 0 Å². The maximum atomic E-state index is 13.1. The summed E-state index contributed by atoms with van der Waals surface area (Å²) in [6.45, 7) is 1.95. The van der Waals surface area contributed by atoms with Gasteiger partial charge in [-0.25, -0.2) is 12.8 Å². The lowest BCUT2D eigenvalue weighted by Gasteiger charge is -2.00. The average molecular weight is 257 g/mol. The van der Waals surface area contributed by atoms with Gasteiger partial charge in [-0.3, -0.25) is 0 Å². The molecule has 2 rings (SSSR count). The summed E-state index contributed by atoms with van der Waals surface area (Å²) in [5.74, 6) is -0.430. The Bertz CT molecular complexity index is 515. The monoisotopic (exact) mass is 257 g/mol. The van der Waals surface area contributed by atoms with Gasteiger partial charge < -0.3 is 5.73 Å². The predicted molar refractivity (Wildman–Crippen MR) is 64.9 cm³/mol. The molecule has 17 heavy (non-hydrogen) atoms. The largest absolute Gasteiger partial charge is 0.330 e. The average Bonchev–Trinajstić information content (AvgIpc) is 3.04. The molecule has 1 aromatic rings. The van der Waals surface area contributed by atoms with Crippen LogP contribution in [-0.4, -0.2) is 26.0 Å². The van der Waals surface area contributed by atoms with Gasteiger partial charge in [0.05, 0.1) is 5.25 Å². The van der Waals surface area contributed by atoms with Gasteiger partial charge in [-0.2, -0.15) is 0 Å². The van der Waals surface area contributed by atoms with E-state index in [4.69, 9.17) is 5.73 Å². The molecule has 3 atom stereocenters. The molecule has 2 N–H and O–H groups in total. The Balaban J connectivity index is 2.29. The van der Waals surface area contributed by atoms with Crippen molar-refractivity contribution in [3.63, 3.8) is 0 Å². The van der Waals surface area contributed by atoms with Gasteiger partial charge in [0, 0.05) is 11.7 Å². The van der Waals surface area contributed by atoms with Crippen molar-refractivity contribution in [2.75, 3.05) is 12.3 Å². The zero-order chi connectivity index (χ0) is 12.6. The lowest BCUT2D eigenvalue weighted by atomic mass is 10.1. The standard InChI is InChI=1S/C12H16FNO2S/c1-2-17(15,16)12-10(7-14)11(12)8-4-3-5-9(13)6-8/h3-6,10-12H,2,7,14H2,1H3/t10-,11+,12-/m1/s1. The third kappa shape index (κ3) is 2.21. The number of hydrogen-bond donors (Lipinski definition) is 1. The molecule has 0 aromatic heterocycles. The number of hydrogen-bond acceptors (Lipinski definition) is 3. The highest BCUT2D eigenvalue weighted by Crippen LogP contribution is 2.51. The molecule has 0 heterocycles. The maximum absolute atomic E-state index is 13.1. The van der Waals surface area contributed by atoms with Gasteiger partial charge in [-0.1, -0.05) is 19.1 Å². The van der Waals surface area contributed by atoms with Crippen molar-refractivity contribution in [1.82, 2.24) is 0 Å². The van der Waals surface area contributed by atoms with Gasteiger partial charge in [-0.05, 0) is 30.2 Å². The van der Waals surface area contributed by atoms with Crippen LogP contribution in [0.15, 0.2) is 24.3 Å². The minimum absolute atomic E-state index is 0.0678. The van der Waals surface area contributed by atoms with Crippen LogP contribution in [0.2, 0.25) is 0 Å². The first-order valence-corrected chi connectivity index (χ1v) is 7.40. The van der Waals surface area contributed by atoms with E-state index >= 15 is 0 Å². The molecule has 94 valence electrons. The lowest BCUT2D eigenvalue weighted by molar-refractivity contribution is 0.592. The van der Waals surface area contributed by atoms with E-state index in [1.807, 2.05) is 0 Å². The van der Waals surface area contributed by atoms with Crippen molar-refractivity contribution in [3.05, 3.63) is 35.6 Å². The Morgan fingerprint density at radius 1 is 1.41 bits per heavy atom. The third-order valence-corrected chi connectivity index (χ3v) is 5.70. The van der Waals surface area contributed by atoms with Gasteiger partial charge in [-0.15, -0.1) is 0 Å². The normalized spacial score (nSPS) is 28.1. The molecule has 1 aliphatic carbocycles. The molecule has 0 unspecified atom stereocenters. The minimum Gasteiger partial charge on any atom is -0.330 e. The second-order valence-corrected chi connectivity index (χ2v) is 6.84. The Labute approximate surface area is 101 Å². The molecule has 1 aromatic carbocycles. The Morgan fingerprint density at radius 2 is 2.12 bits per heavy atom. The first-order chi connectivity index (χ1) is 8.01. The zero-order valence-electron chi connectivity index (χ0n) is 9.64. The van der Waals surface area contributed by atoms with Crippen molar-refractivity contribution >= 4 is 9.84 Å². The highest BCUT2D eigenvalue weighted by atomic mass is 32.2. The number of sulfone groups is 1. The maximum Gasteiger partial charge on any atom is 0.153 e. The fourth-order valence-electron chi connectivity index (χ4n) is 2.46. The van der Waals surface area contributed by atoms with Gasteiger partial charge in [0.1, 0.15) is 5.82 Å². The first-order valence-electron chi connectivity index (χ1n) is 5.68. The second kappa shape index (κ2) is 4.38. The van der Waals surface area contributed by atoms with Crippen LogP contribution in [0.3, 0.4) is 0 Å². The highest BCUT2D eigenvalue weighted by molar-refractivity contribution is 7.92. The number of nitrogens with two attached hydrogens (primary N) is 1. The third-order valence-electron chi connectivity index (χ3n) is 3.42. The molecule has 0 aliphatic heterocycles. The van der Waals surface area contributed by atoms with Crippen molar-refractivity contribution in [3.8, 4) is 0 Å². The zero-order valence-corrected chi connectivity index (χ0v) is 10.5. The summed E-state index contributed by atoms with van der Waals surface area (Å²) in [5.41, 5.74) is 6.32. The smallest absolute Gasteiger partial charge is 0.153 e. The fourth-order valence-corrected chi connectivity index (χ4v) is 4.37. The molecule has 5 heteroatoms. The molecule has 0 spiro atoms. The first kappa shape index (κ1) is 12.5. The topological polar surface area (TPSA) is 60.2 Å². The van der Waals surface area contributed by atoms with Crippen LogP contribution in [0.4, 0.5) is 4.39 Å². The van der Waals surface area contributed by atoms with Gasteiger partial charge in [0.2, 0.25) is 0 Å². The molecule has 3 nitrogen and oxygen atoms in total. The minimum atomic E-state index is -3.10. The molecular formula is C12H16FNO2S. The van der Waals surface area contributed by atoms with E-state index in [-0.39, 0.29) is 23.4 Å². The van der Waals surface area contributed by atoms with E-state index in [1.54, 1.807) is 19.1 Å². The summed E-state index contributed by atoms with van der Waals surface area (Å²) in [4.78, 5) is 0. The van der Waals surface area contributed by atoms with Crippen LogP contribution in [-0.2, 0) is 9.84 Å². The summed E-state index contributed by atoms with van der Waals surface area (Å²) in [7, 11) is -3.10. The van der Waals surface area contributed by atoms with Crippen molar-refractivity contribution < 1.29 is 12.8 Å². The van der Waals surface area contributed by atoms with Crippen LogP contribution in [0, 0.1) is 11.7 Å². The van der Waals surface area contributed by atoms with Crippen LogP contribution >= 0.6 is 0 Å². The fraction of sp³-hybridized carbons (Fsp3) is 0.500. The molecule has 0 saturated heterocycles. The molecule has 0 radical (unpaired) electrons. The Morgan fingerprint density at radius 3 is 2.65 bits per heavy atom. The molecule has 1 fully saturated rings. The van der Waals surface area contributed by atoms with E-state index in [2.05, 4.69) is 0 Å². The number of rotatable bonds is 4. The summed E-state index contributed by atoms with van der Waals surface area (Å²) in [5, 5.41) is -0.431. The van der Waals surface area contributed by atoms with Crippen LogP contribution in [0.5, 0.6) is 0 Å².